The van der Waals surface area contributed by atoms with Gasteiger partial charge in [-0.05, 0) is 38.2 Å². The van der Waals surface area contributed by atoms with Crippen molar-refractivity contribution in [2.45, 2.75) is 57.5 Å². The number of ketones is 1. The molecule has 1 saturated heterocycles. The van der Waals surface area contributed by atoms with Gasteiger partial charge in [0.1, 0.15) is 16.9 Å². The van der Waals surface area contributed by atoms with Crippen molar-refractivity contribution in [1.29, 1.82) is 0 Å². The van der Waals surface area contributed by atoms with E-state index in [-0.39, 0.29) is 23.5 Å². The van der Waals surface area contributed by atoms with Crippen LogP contribution in [0.3, 0.4) is 0 Å². The number of aliphatic hydroxyl groups excluding tert-OH is 1. The van der Waals surface area contributed by atoms with Crippen LogP contribution in [-0.4, -0.2) is 22.5 Å². The number of carbonyl (C=O) groups excluding carboxylic acids is 2. The lowest BCUT2D eigenvalue weighted by Gasteiger charge is -2.34. The number of carbonyl (C=O) groups is 2. The van der Waals surface area contributed by atoms with Gasteiger partial charge in [0.15, 0.2) is 5.78 Å². The Hall–Kier alpha value is -1.58. The lowest BCUT2D eigenvalue weighted by Crippen LogP contribution is -2.42. The quantitative estimate of drug-likeness (QED) is 0.274. The van der Waals surface area contributed by atoms with E-state index in [4.69, 9.17) is 4.74 Å². The van der Waals surface area contributed by atoms with Crippen LogP contribution in [0, 0.1) is 0 Å². The molecular weight excluding hydrogens is 244 g/mol. The van der Waals surface area contributed by atoms with Gasteiger partial charge in [-0.2, -0.15) is 0 Å². The third-order valence-electron chi connectivity index (χ3n) is 3.66. The van der Waals surface area contributed by atoms with Gasteiger partial charge in [0.2, 0.25) is 0 Å². The third kappa shape index (κ3) is 2.88. The molecule has 0 radical (unpaired) electrons. The number of esters is 1. The van der Waals surface area contributed by atoms with Crippen LogP contribution in [0.1, 0.15) is 51.9 Å². The van der Waals surface area contributed by atoms with Crippen LogP contribution in [0.4, 0.5) is 0 Å². The van der Waals surface area contributed by atoms with Gasteiger partial charge < -0.3 is 9.84 Å². The van der Waals surface area contributed by atoms with Crippen LogP contribution in [0.25, 0.3) is 0 Å². The topological polar surface area (TPSA) is 63.6 Å². The predicted octanol–water partition coefficient (Wildman–Crippen LogP) is 2.98. The van der Waals surface area contributed by atoms with Crippen molar-refractivity contribution in [3.8, 4) is 0 Å². The molecule has 2 aliphatic rings. The molecule has 19 heavy (non-hydrogen) atoms. The molecule has 0 amide bonds. The molecule has 4 heteroatoms. The molecule has 104 valence electrons. The van der Waals surface area contributed by atoms with Gasteiger partial charge in [-0.1, -0.05) is 13.0 Å². The molecule has 0 aromatic heterocycles. The van der Waals surface area contributed by atoms with Crippen LogP contribution in [-0.2, 0) is 14.3 Å². The first-order chi connectivity index (χ1) is 9.08. The number of Topliss-reactive ketones (excluding diaryl/α,β-unsaturated/α-hetero) is 1. The third-order valence-corrected chi connectivity index (χ3v) is 3.66. The first-order valence-corrected chi connectivity index (χ1v) is 6.94. The minimum Gasteiger partial charge on any atom is -0.511 e. The summed E-state index contributed by atoms with van der Waals surface area (Å²) in [6.45, 7) is 1.88. The van der Waals surface area contributed by atoms with Crippen LogP contribution in [0.15, 0.2) is 23.5 Å². The second-order valence-corrected chi connectivity index (χ2v) is 5.27. The molecule has 4 nitrogen and oxygen atoms in total. The number of aliphatic hydroxyl groups is 1. The van der Waals surface area contributed by atoms with E-state index < -0.39 is 11.6 Å². The van der Waals surface area contributed by atoms with E-state index in [1.165, 1.54) is 0 Å². The van der Waals surface area contributed by atoms with E-state index in [0.29, 0.717) is 19.3 Å². The predicted molar refractivity (Wildman–Crippen MR) is 70.6 cm³/mol. The van der Waals surface area contributed by atoms with Crippen molar-refractivity contribution in [2.24, 2.45) is 0 Å². The van der Waals surface area contributed by atoms with Crippen molar-refractivity contribution in [3.63, 3.8) is 0 Å². The summed E-state index contributed by atoms with van der Waals surface area (Å²) in [5, 5.41) is 9.80. The van der Waals surface area contributed by atoms with Gasteiger partial charge in [0.05, 0.1) is 6.42 Å². The Labute approximate surface area is 113 Å². The van der Waals surface area contributed by atoms with E-state index in [1.54, 1.807) is 0 Å². The summed E-state index contributed by atoms with van der Waals surface area (Å²) >= 11 is 0. The first-order valence-electron chi connectivity index (χ1n) is 6.94. The number of rotatable bonds is 2. The van der Waals surface area contributed by atoms with E-state index in [2.05, 4.69) is 0 Å². The van der Waals surface area contributed by atoms with Gasteiger partial charge in [-0.25, -0.2) is 4.79 Å². The second-order valence-electron chi connectivity index (χ2n) is 5.27. The van der Waals surface area contributed by atoms with E-state index in [9.17, 15) is 14.7 Å². The molecule has 1 atom stereocenters. The molecule has 0 saturated carbocycles. The zero-order valence-electron chi connectivity index (χ0n) is 11.3. The molecule has 1 aliphatic carbocycles. The van der Waals surface area contributed by atoms with Crippen molar-refractivity contribution < 1.29 is 19.4 Å². The molecule has 1 spiro atoms. The van der Waals surface area contributed by atoms with Crippen molar-refractivity contribution >= 4 is 11.8 Å². The monoisotopic (exact) mass is 264 g/mol. The normalized spacial score (nSPS) is 30.2. The van der Waals surface area contributed by atoms with Gasteiger partial charge in [-0.15, -0.1) is 0 Å². The molecule has 1 fully saturated rings. The molecule has 0 aromatic carbocycles. The largest absolute Gasteiger partial charge is 0.511 e. The summed E-state index contributed by atoms with van der Waals surface area (Å²) in [6, 6.07) is 0. The highest BCUT2D eigenvalue weighted by Crippen LogP contribution is 2.35. The van der Waals surface area contributed by atoms with Gasteiger partial charge >= 0.3 is 5.97 Å². The SMILES string of the molecule is CCCC(O)=C1C(=O)CC2(C=CCCCC2)OC1=O. The maximum absolute atomic E-state index is 12.2. The maximum atomic E-state index is 12.2. The van der Waals surface area contributed by atoms with E-state index >= 15 is 0 Å². The number of allylic oxidation sites excluding steroid dienone is 2. The van der Waals surface area contributed by atoms with Gasteiger partial charge in [0.25, 0.3) is 0 Å². The van der Waals surface area contributed by atoms with Gasteiger partial charge in [-0.3, -0.25) is 4.79 Å². The molecule has 2 rings (SSSR count). The van der Waals surface area contributed by atoms with Crippen molar-refractivity contribution in [2.75, 3.05) is 0 Å². The molecule has 1 heterocycles. The van der Waals surface area contributed by atoms with Crippen molar-refractivity contribution in [3.05, 3.63) is 23.5 Å². The number of hydrogen-bond acceptors (Lipinski definition) is 4. The van der Waals surface area contributed by atoms with Crippen LogP contribution >= 0.6 is 0 Å². The second kappa shape index (κ2) is 5.59. The Morgan fingerprint density at radius 2 is 2.21 bits per heavy atom. The Balaban J connectivity index is 2.25. The van der Waals surface area contributed by atoms with Gasteiger partial charge in [0, 0.05) is 6.42 Å². The fourth-order valence-electron chi connectivity index (χ4n) is 2.69. The Morgan fingerprint density at radius 3 is 2.89 bits per heavy atom. The summed E-state index contributed by atoms with van der Waals surface area (Å²) in [7, 11) is 0. The Bertz CT molecular complexity index is 425. The first kappa shape index (κ1) is 13.8. The summed E-state index contributed by atoms with van der Waals surface area (Å²) in [4.78, 5) is 24.2. The highest BCUT2D eigenvalue weighted by molar-refractivity contribution is 6.19. The van der Waals surface area contributed by atoms with Crippen LogP contribution in [0.2, 0.25) is 0 Å². The molecule has 1 unspecified atom stereocenters. The van der Waals surface area contributed by atoms with E-state index in [0.717, 1.165) is 19.3 Å². The minimum atomic E-state index is -0.777. The van der Waals surface area contributed by atoms with Crippen molar-refractivity contribution in [1.82, 2.24) is 0 Å². The summed E-state index contributed by atoms with van der Waals surface area (Å²) in [6.07, 6.45) is 8.62. The standard InChI is InChI=1S/C15H20O4/c1-2-7-11(16)13-12(17)10-15(19-14(13)18)8-5-3-4-6-9-15/h5,8,16H,2-4,6-7,9-10H2,1H3. The smallest absolute Gasteiger partial charge is 0.346 e. The highest BCUT2D eigenvalue weighted by atomic mass is 16.6. The Kier molecular flexibility index (Phi) is 4.08. The summed E-state index contributed by atoms with van der Waals surface area (Å²) < 4.78 is 5.48. The van der Waals surface area contributed by atoms with Crippen LogP contribution in [0.5, 0.6) is 0 Å². The lowest BCUT2D eigenvalue weighted by molar-refractivity contribution is -0.158. The number of hydrogen-bond donors (Lipinski definition) is 1. The zero-order valence-corrected chi connectivity index (χ0v) is 11.3. The summed E-state index contributed by atoms with van der Waals surface area (Å²) in [5.74, 6) is -1.10. The molecule has 0 aromatic rings. The molecule has 1 aliphatic heterocycles. The Morgan fingerprint density at radius 1 is 1.42 bits per heavy atom. The van der Waals surface area contributed by atoms with E-state index in [1.807, 2.05) is 19.1 Å². The molecule has 1 N–H and O–H groups in total. The maximum Gasteiger partial charge on any atom is 0.346 e. The van der Waals surface area contributed by atoms with Crippen LogP contribution < -0.4 is 0 Å². The number of ether oxygens (including phenoxy) is 1. The minimum absolute atomic E-state index is 0.134. The lowest BCUT2D eigenvalue weighted by atomic mass is 9.86. The molecular formula is C15H20O4. The zero-order chi connectivity index (χ0) is 13.9. The summed E-state index contributed by atoms with van der Waals surface area (Å²) in [5.41, 5.74) is -0.925. The average Bonchev–Trinajstić information content (AvgIpc) is 2.54. The fraction of sp³-hybridized carbons (Fsp3) is 0.600. The average molecular weight is 264 g/mol. The molecule has 0 bridgehead atoms. The fourth-order valence-corrected chi connectivity index (χ4v) is 2.69. The highest BCUT2D eigenvalue weighted by Gasteiger charge is 2.43.